The highest BCUT2D eigenvalue weighted by molar-refractivity contribution is 8.35. The van der Waals surface area contributed by atoms with Crippen LogP contribution in [0.3, 0.4) is 0 Å². The normalized spacial score (nSPS) is 21.4. The van der Waals surface area contributed by atoms with Crippen molar-refractivity contribution >= 4 is 10.0 Å². The molecule has 1 fully saturated rings. The molecule has 3 heteroatoms. The molecule has 3 rings (SSSR count). The van der Waals surface area contributed by atoms with E-state index in [2.05, 4.69) is 39.7 Å². The summed E-state index contributed by atoms with van der Waals surface area (Å²) in [7, 11) is -0.729. The lowest BCUT2D eigenvalue weighted by molar-refractivity contribution is 0.471. The number of rotatable bonds is 0. The molecule has 16 heavy (non-hydrogen) atoms. The molecule has 1 spiro atoms. The van der Waals surface area contributed by atoms with E-state index in [4.69, 9.17) is 0 Å². The Labute approximate surface area is 98.7 Å². The molecule has 1 aliphatic carbocycles. The van der Waals surface area contributed by atoms with Crippen molar-refractivity contribution in [3.63, 3.8) is 0 Å². The van der Waals surface area contributed by atoms with Gasteiger partial charge in [0.05, 0.1) is 17.5 Å². The average Bonchev–Trinajstić information content (AvgIpc) is 2.63. The van der Waals surface area contributed by atoms with E-state index in [0.717, 1.165) is 6.54 Å². The zero-order chi connectivity index (χ0) is 11.4. The maximum absolute atomic E-state index is 4.46. The maximum Gasteiger partial charge on any atom is 0.0666 e. The Balaban J connectivity index is 1.90. The molecule has 1 aromatic rings. The van der Waals surface area contributed by atoms with Crippen molar-refractivity contribution in [3.05, 3.63) is 17.5 Å². The smallest absolute Gasteiger partial charge is 0.0666 e. The zero-order valence-corrected chi connectivity index (χ0v) is 11.0. The summed E-state index contributed by atoms with van der Waals surface area (Å²) in [6.45, 7) is 1.13. The van der Waals surface area contributed by atoms with E-state index in [1.54, 1.807) is 0 Å². The van der Waals surface area contributed by atoms with Crippen LogP contribution >= 0.6 is 10.0 Å². The minimum atomic E-state index is -0.729. The molecule has 0 unspecified atom stereocenters. The van der Waals surface area contributed by atoms with Gasteiger partial charge in [-0.1, -0.05) is 5.92 Å². The van der Waals surface area contributed by atoms with E-state index in [-0.39, 0.29) is 0 Å². The fraction of sp³-hybridized carbons (Fsp3) is 0.615. The molecular formula is C13H18N2S. The highest BCUT2D eigenvalue weighted by Crippen LogP contribution is 2.53. The third-order valence-corrected chi connectivity index (χ3v) is 4.14. The third-order valence-electron chi connectivity index (χ3n) is 3.43. The summed E-state index contributed by atoms with van der Waals surface area (Å²) in [5, 5.41) is 7.84. The standard InChI is InChI=1S/C13H18N2S/c1-16(2,3)7-4-11-9-14-15-10-13(5-6-13)8-12(11)15/h9H,5-6,8,10H2,1-3H3. The van der Waals surface area contributed by atoms with Gasteiger partial charge in [0, 0.05) is 6.54 Å². The van der Waals surface area contributed by atoms with E-state index < -0.39 is 10.0 Å². The van der Waals surface area contributed by atoms with Gasteiger partial charge in [-0.15, -0.1) is 0 Å². The first-order valence-corrected chi connectivity index (χ1v) is 8.59. The van der Waals surface area contributed by atoms with Crippen molar-refractivity contribution in [2.45, 2.75) is 25.8 Å². The molecule has 1 aromatic heterocycles. The van der Waals surface area contributed by atoms with Crippen LogP contribution in [0.5, 0.6) is 0 Å². The highest BCUT2D eigenvalue weighted by atomic mass is 32.3. The second-order valence-electron chi connectivity index (χ2n) is 5.90. The van der Waals surface area contributed by atoms with Gasteiger partial charge in [-0.25, -0.2) is 0 Å². The summed E-state index contributed by atoms with van der Waals surface area (Å²) >= 11 is 0. The molecule has 0 saturated heterocycles. The van der Waals surface area contributed by atoms with Gasteiger partial charge in [0.2, 0.25) is 0 Å². The van der Waals surface area contributed by atoms with Crippen LogP contribution in [-0.2, 0) is 13.0 Å². The summed E-state index contributed by atoms with van der Waals surface area (Å²) in [6, 6.07) is 0. The lowest BCUT2D eigenvalue weighted by atomic mass is 10.0. The highest BCUT2D eigenvalue weighted by Gasteiger charge is 2.48. The van der Waals surface area contributed by atoms with Gasteiger partial charge in [-0.3, -0.25) is 4.68 Å². The maximum atomic E-state index is 4.46. The quantitative estimate of drug-likeness (QED) is 0.629. The predicted molar refractivity (Wildman–Crippen MR) is 69.8 cm³/mol. The number of fused-ring (bicyclic) bond motifs is 1. The molecule has 86 valence electrons. The van der Waals surface area contributed by atoms with E-state index >= 15 is 0 Å². The van der Waals surface area contributed by atoms with Gasteiger partial charge in [-0.2, -0.15) is 15.1 Å². The summed E-state index contributed by atoms with van der Waals surface area (Å²) in [6.07, 6.45) is 12.6. The molecule has 0 amide bonds. The average molecular weight is 234 g/mol. The van der Waals surface area contributed by atoms with Crippen LogP contribution in [-0.4, -0.2) is 28.5 Å². The van der Waals surface area contributed by atoms with Gasteiger partial charge in [-0.05, 0) is 48.7 Å². The van der Waals surface area contributed by atoms with Crippen LogP contribution in [0.25, 0.3) is 0 Å². The molecule has 0 N–H and O–H groups in total. The van der Waals surface area contributed by atoms with E-state index in [0.29, 0.717) is 5.41 Å². The summed E-state index contributed by atoms with van der Waals surface area (Å²) in [4.78, 5) is 0. The molecule has 0 aromatic carbocycles. The summed E-state index contributed by atoms with van der Waals surface area (Å²) < 4.78 is 2.18. The van der Waals surface area contributed by atoms with E-state index in [1.807, 2.05) is 6.20 Å². The number of hydrogen-bond acceptors (Lipinski definition) is 1. The van der Waals surface area contributed by atoms with Crippen LogP contribution in [0.2, 0.25) is 0 Å². The molecule has 0 radical (unpaired) electrons. The van der Waals surface area contributed by atoms with Crippen molar-refractivity contribution < 1.29 is 0 Å². The first kappa shape index (κ1) is 10.3. The van der Waals surface area contributed by atoms with Crippen molar-refractivity contribution in [2.75, 3.05) is 18.8 Å². The second kappa shape index (κ2) is 3.07. The van der Waals surface area contributed by atoms with Gasteiger partial charge in [0.1, 0.15) is 0 Å². The minimum Gasteiger partial charge on any atom is -0.268 e. The van der Waals surface area contributed by atoms with Crippen LogP contribution in [0.15, 0.2) is 6.20 Å². The largest absolute Gasteiger partial charge is 0.268 e. The van der Waals surface area contributed by atoms with Gasteiger partial charge in [0.15, 0.2) is 0 Å². The van der Waals surface area contributed by atoms with E-state index in [1.165, 1.54) is 30.5 Å². The van der Waals surface area contributed by atoms with Crippen molar-refractivity contribution in [2.24, 2.45) is 5.41 Å². The topological polar surface area (TPSA) is 17.8 Å². The number of aromatic nitrogens is 2. The molecule has 0 atom stereocenters. The predicted octanol–water partition coefficient (Wildman–Crippen LogP) is 2.22. The Bertz CT molecular complexity index is 492. The number of nitrogens with zero attached hydrogens (tertiary/aromatic N) is 2. The first-order chi connectivity index (χ1) is 7.48. The monoisotopic (exact) mass is 234 g/mol. The fourth-order valence-corrected chi connectivity index (χ4v) is 2.70. The van der Waals surface area contributed by atoms with Crippen LogP contribution < -0.4 is 0 Å². The van der Waals surface area contributed by atoms with Crippen molar-refractivity contribution in [1.82, 2.24) is 9.78 Å². The Kier molecular flexibility index (Phi) is 1.98. The first-order valence-electron chi connectivity index (χ1n) is 5.73. The Morgan fingerprint density at radius 1 is 1.38 bits per heavy atom. The lowest BCUT2D eigenvalue weighted by Gasteiger charge is -2.14. The summed E-state index contributed by atoms with van der Waals surface area (Å²) in [5.41, 5.74) is 3.15. The van der Waals surface area contributed by atoms with Crippen molar-refractivity contribution in [3.8, 4) is 11.2 Å². The minimum absolute atomic E-state index is 0.592. The SMILES string of the molecule is CS(C)(C)C#Cc1cnn2c1CC1(CC1)C2. The fourth-order valence-electron chi connectivity index (χ4n) is 2.29. The molecular weight excluding hydrogens is 216 g/mol. The van der Waals surface area contributed by atoms with Gasteiger partial charge in [0.25, 0.3) is 0 Å². The Morgan fingerprint density at radius 2 is 2.12 bits per heavy atom. The molecule has 2 heterocycles. The second-order valence-corrected chi connectivity index (χ2v) is 9.78. The summed E-state index contributed by atoms with van der Waals surface area (Å²) in [5.74, 6) is 3.33. The van der Waals surface area contributed by atoms with Gasteiger partial charge < -0.3 is 0 Å². The van der Waals surface area contributed by atoms with E-state index in [9.17, 15) is 0 Å². The molecule has 1 aliphatic heterocycles. The molecule has 2 nitrogen and oxygen atoms in total. The Morgan fingerprint density at radius 3 is 2.75 bits per heavy atom. The van der Waals surface area contributed by atoms with Gasteiger partial charge >= 0.3 is 0 Å². The van der Waals surface area contributed by atoms with Crippen LogP contribution in [0.1, 0.15) is 24.1 Å². The molecule has 1 saturated carbocycles. The number of hydrogen-bond donors (Lipinski definition) is 0. The van der Waals surface area contributed by atoms with Crippen molar-refractivity contribution in [1.29, 1.82) is 0 Å². The van der Waals surface area contributed by atoms with Crippen LogP contribution in [0, 0.1) is 16.6 Å². The zero-order valence-electron chi connectivity index (χ0n) is 10.2. The third kappa shape index (κ3) is 1.76. The molecule has 0 bridgehead atoms. The van der Waals surface area contributed by atoms with Crippen LogP contribution in [0.4, 0.5) is 0 Å². The Hall–Kier alpha value is -0.880. The lowest BCUT2D eigenvalue weighted by Crippen LogP contribution is -2.02. The molecule has 2 aliphatic rings.